The highest BCUT2D eigenvalue weighted by molar-refractivity contribution is 6.31. The van der Waals surface area contributed by atoms with Crippen LogP contribution in [0.1, 0.15) is 23.5 Å². The molecule has 2 atom stereocenters. The molecule has 30 heavy (non-hydrogen) atoms. The number of fused-ring (bicyclic) bond motifs is 1. The number of hydrogen-bond acceptors (Lipinski definition) is 4. The maximum Gasteiger partial charge on any atom is 0.231 e. The Balaban J connectivity index is 1.14. The van der Waals surface area contributed by atoms with E-state index in [1.165, 1.54) is 0 Å². The number of nitrogens with zero attached hydrogens (tertiary/aromatic N) is 2. The molecule has 0 N–H and O–H groups in total. The summed E-state index contributed by atoms with van der Waals surface area (Å²) in [5.74, 6) is 2.04. The first kappa shape index (κ1) is 19.2. The summed E-state index contributed by atoms with van der Waals surface area (Å²) >= 11 is 6.17. The van der Waals surface area contributed by atoms with Gasteiger partial charge in [0.1, 0.15) is 0 Å². The summed E-state index contributed by atoms with van der Waals surface area (Å²) in [4.78, 5) is 29.3. The van der Waals surface area contributed by atoms with E-state index in [2.05, 4.69) is 0 Å². The van der Waals surface area contributed by atoms with Crippen molar-refractivity contribution in [2.24, 2.45) is 5.92 Å². The van der Waals surface area contributed by atoms with Gasteiger partial charge in [-0.3, -0.25) is 9.59 Å². The van der Waals surface area contributed by atoms with Crippen LogP contribution in [0.3, 0.4) is 0 Å². The quantitative estimate of drug-likeness (QED) is 0.753. The smallest absolute Gasteiger partial charge is 0.231 e. The van der Waals surface area contributed by atoms with E-state index in [-0.39, 0.29) is 30.4 Å². The van der Waals surface area contributed by atoms with E-state index in [0.29, 0.717) is 37.6 Å². The van der Waals surface area contributed by atoms with Gasteiger partial charge in [0, 0.05) is 37.1 Å². The number of rotatable bonds is 4. The molecule has 5 rings (SSSR count). The predicted octanol–water partition coefficient (Wildman–Crippen LogP) is 3.09. The maximum absolute atomic E-state index is 12.9. The molecule has 1 aliphatic carbocycles. The second kappa shape index (κ2) is 7.84. The zero-order valence-corrected chi connectivity index (χ0v) is 17.3. The van der Waals surface area contributed by atoms with Crippen LogP contribution in [0.4, 0.5) is 0 Å². The van der Waals surface area contributed by atoms with Crippen LogP contribution in [0.15, 0.2) is 42.5 Å². The van der Waals surface area contributed by atoms with Crippen molar-refractivity contribution in [2.75, 3.05) is 33.0 Å². The molecule has 0 aromatic heterocycles. The molecule has 2 fully saturated rings. The number of carbonyl (C=O) groups is 2. The van der Waals surface area contributed by atoms with E-state index in [1.807, 2.05) is 46.2 Å². The van der Waals surface area contributed by atoms with Gasteiger partial charge in [-0.1, -0.05) is 35.9 Å². The van der Waals surface area contributed by atoms with E-state index in [9.17, 15) is 9.59 Å². The number of amides is 2. The zero-order chi connectivity index (χ0) is 20.7. The molecule has 1 saturated heterocycles. The van der Waals surface area contributed by atoms with Gasteiger partial charge in [-0.2, -0.15) is 0 Å². The molecule has 2 aromatic carbocycles. The third-order valence-corrected chi connectivity index (χ3v) is 6.54. The van der Waals surface area contributed by atoms with Gasteiger partial charge in [0.2, 0.25) is 18.6 Å². The van der Waals surface area contributed by atoms with Gasteiger partial charge >= 0.3 is 0 Å². The lowest BCUT2D eigenvalue weighted by Gasteiger charge is -2.35. The normalized spacial score (nSPS) is 22.2. The third kappa shape index (κ3) is 3.72. The SMILES string of the molecule is O=C(Cc1ccccc1Cl)N1CCN(C(=O)C2CC2c2ccc3c(c2)OCO3)CC1. The average Bonchev–Trinajstić information content (AvgIpc) is 3.43. The van der Waals surface area contributed by atoms with Crippen molar-refractivity contribution in [1.82, 2.24) is 9.80 Å². The first-order chi connectivity index (χ1) is 14.6. The Kier molecular flexibility index (Phi) is 5.03. The minimum absolute atomic E-state index is 0.0238. The molecule has 2 amide bonds. The van der Waals surface area contributed by atoms with Gasteiger partial charge in [-0.05, 0) is 41.7 Å². The lowest BCUT2D eigenvalue weighted by molar-refractivity contribution is -0.140. The molecular weight excluding hydrogens is 404 g/mol. The van der Waals surface area contributed by atoms with Gasteiger partial charge in [0.05, 0.1) is 6.42 Å². The number of carbonyl (C=O) groups excluding carboxylic acids is 2. The minimum atomic E-state index is 0.0238. The van der Waals surface area contributed by atoms with Crippen LogP contribution in [0, 0.1) is 5.92 Å². The highest BCUT2D eigenvalue weighted by Crippen LogP contribution is 2.50. The number of benzene rings is 2. The second-order valence-corrected chi connectivity index (χ2v) is 8.44. The topological polar surface area (TPSA) is 59.1 Å². The van der Waals surface area contributed by atoms with Gasteiger partial charge in [-0.15, -0.1) is 0 Å². The van der Waals surface area contributed by atoms with E-state index in [4.69, 9.17) is 21.1 Å². The molecule has 2 aliphatic heterocycles. The van der Waals surface area contributed by atoms with E-state index >= 15 is 0 Å². The summed E-state index contributed by atoms with van der Waals surface area (Å²) in [5.41, 5.74) is 1.97. The maximum atomic E-state index is 12.9. The number of ether oxygens (including phenoxy) is 2. The van der Waals surface area contributed by atoms with Crippen LogP contribution in [0.2, 0.25) is 5.02 Å². The van der Waals surface area contributed by atoms with Crippen molar-refractivity contribution in [1.29, 1.82) is 0 Å². The number of halogens is 1. The summed E-state index contributed by atoms with van der Waals surface area (Å²) in [7, 11) is 0. The van der Waals surface area contributed by atoms with Gasteiger partial charge in [0.25, 0.3) is 0 Å². The highest BCUT2D eigenvalue weighted by atomic mass is 35.5. The first-order valence-electron chi connectivity index (χ1n) is 10.3. The Morgan fingerprint density at radius 2 is 1.70 bits per heavy atom. The molecule has 3 aliphatic rings. The van der Waals surface area contributed by atoms with Crippen LogP contribution < -0.4 is 9.47 Å². The Bertz CT molecular complexity index is 987. The molecule has 7 heteroatoms. The lowest BCUT2D eigenvalue weighted by atomic mass is 10.1. The Hall–Kier alpha value is -2.73. The lowest BCUT2D eigenvalue weighted by Crippen LogP contribution is -2.51. The largest absolute Gasteiger partial charge is 0.454 e. The molecule has 0 bridgehead atoms. The fourth-order valence-electron chi connectivity index (χ4n) is 4.31. The van der Waals surface area contributed by atoms with E-state index in [1.54, 1.807) is 6.07 Å². The van der Waals surface area contributed by atoms with Crippen LogP contribution in [-0.4, -0.2) is 54.6 Å². The Morgan fingerprint density at radius 1 is 0.967 bits per heavy atom. The number of piperazine rings is 1. The van der Waals surface area contributed by atoms with Gasteiger partial charge < -0.3 is 19.3 Å². The fourth-order valence-corrected chi connectivity index (χ4v) is 4.51. The van der Waals surface area contributed by atoms with E-state index < -0.39 is 0 Å². The highest BCUT2D eigenvalue weighted by Gasteiger charge is 2.46. The predicted molar refractivity (Wildman–Crippen MR) is 112 cm³/mol. The third-order valence-electron chi connectivity index (χ3n) is 6.18. The summed E-state index contributed by atoms with van der Waals surface area (Å²) in [6, 6.07) is 13.4. The summed E-state index contributed by atoms with van der Waals surface area (Å²) < 4.78 is 10.8. The molecule has 2 unspecified atom stereocenters. The molecule has 6 nitrogen and oxygen atoms in total. The molecule has 156 valence electrons. The first-order valence-corrected chi connectivity index (χ1v) is 10.7. The van der Waals surface area contributed by atoms with Crippen molar-refractivity contribution in [3.8, 4) is 11.5 Å². The van der Waals surface area contributed by atoms with Crippen LogP contribution in [0.25, 0.3) is 0 Å². The monoisotopic (exact) mass is 426 g/mol. The Morgan fingerprint density at radius 3 is 2.50 bits per heavy atom. The fraction of sp³-hybridized carbons (Fsp3) is 0.391. The van der Waals surface area contributed by atoms with Crippen LogP contribution in [0.5, 0.6) is 11.5 Å². The van der Waals surface area contributed by atoms with Crippen molar-refractivity contribution in [3.63, 3.8) is 0 Å². The average molecular weight is 427 g/mol. The molecule has 2 heterocycles. The number of hydrogen-bond donors (Lipinski definition) is 0. The van der Waals surface area contributed by atoms with Crippen LogP contribution in [-0.2, 0) is 16.0 Å². The Labute approximate surface area is 180 Å². The van der Waals surface area contributed by atoms with Crippen molar-refractivity contribution in [3.05, 3.63) is 58.6 Å². The van der Waals surface area contributed by atoms with Crippen molar-refractivity contribution < 1.29 is 19.1 Å². The minimum Gasteiger partial charge on any atom is -0.454 e. The van der Waals surface area contributed by atoms with Crippen LogP contribution >= 0.6 is 11.6 Å². The molecule has 0 radical (unpaired) electrons. The second-order valence-electron chi connectivity index (χ2n) is 8.04. The van der Waals surface area contributed by atoms with E-state index in [0.717, 1.165) is 29.0 Å². The summed E-state index contributed by atoms with van der Waals surface area (Å²) in [5, 5.41) is 0.614. The summed E-state index contributed by atoms with van der Waals surface area (Å²) in [6.07, 6.45) is 1.16. The van der Waals surface area contributed by atoms with Gasteiger partial charge in [0.15, 0.2) is 11.5 Å². The summed E-state index contributed by atoms with van der Waals surface area (Å²) in [6.45, 7) is 2.55. The zero-order valence-electron chi connectivity index (χ0n) is 16.6. The van der Waals surface area contributed by atoms with Crippen molar-refractivity contribution in [2.45, 2.75) is 18.8 Å². The molecule has 2 aromatic rings. The molecular formula is C23H23ClN2O4. The molecule has 0 spiro atoms. The van der Waals surface area contributed by atoms with Crippen molar-refractivity contribution >= 4 is 23.4 Å². The standard InChI is InChI=1S/C23H23ClN2O4/c24-19-4-2-1-3-16(19)12-22(27)25-7-9-26(10-8-25)23(28)18-13-17(18)15-5-6-20-21(11-15)30-14-29-20/h1-6,11,17-18H,7-10,12-14H2. The van der Waals surface area contributed by atoms with Gasteiger partial charge in [-0.25, -0.2) is 0 Å². The molecule has 1 saturated carbocycles.